The number of ether oxygens (including phenoxy) is 1. The number of hydrogen-bond acceptors (Lipinski definition) is 6. The van der Waals surface area contributed by atoms with Crippen LogP contribution in [0.25, 0.3) is 0 Å². The molecule has 1 atom stereocenters. The fraction of sp³-hybridized carbons (Fsp3) is 0.500. The minimum Gasteiger partial charge on any atom is -0.447 e. The van der Waals surface area contributed by atoms with E-state index in [0.29, 0.717) is 37.0 Å². The average molecular weight is 472 g/mol. The third-order valence-corrected chi connectivity index (χ3v) is 6.60. The molecule has 2 aromatic heterocycles. The van der Waals surface area contributed by atoms with Crippen LogP contribution in [0.2, 0.25) is 0 Å². The number of nitrogens with zero attached hydrogens (tertiary/aromatic N) is 5. The van der Waals surface area contributed by atoms with Gasteiger partial charge in [-0.2, -0.15) is 0 Å². The predicted molar refractivity (Wildman–Crippen MR) is 129 cm³/mol. The van der Waals surface area contributed by atoms with Crippen LogP contribution in [0.4, 0.5) is 16.4 Å². The summed E-state index contributed by atoms with van der Waals surface area (Å²) in [4.78, 5) is 40.0. The zero-order valence-corrected chi connectivity index (χ0v) is 20.1. The van der Waals surface area contributed by atoms with Gasteiger partial charge in [-0.05, 0) is 62.3 Å². The van der Waals surface area contributed by atoms with Crippen LogP contribution in [-0.4, -0.2) is 65.7 Å². The number of anilines is 2. The third-order valence-electron chi connectivity index (χ3n) is 6.60. The lowest BCUT2D eigenvalue weighted by Crippen LogP contribution is -2.49. The number of amides is 2. The first-order valence-corrected chi connectivity index (χ1v) is 11.4. The van der Waals surface area contributed by atoms with E-state index in [1.54, 1.807) is 11.1 Å². The van der Waals surface area contributed by atoms with Crippen molar-refractivity contribution in [1.29, 1.82) is 0 Å². The summed E-state index contributed by atoms with van der Waals surface area (Å²) in [5.74, 6) is 2.25. The first-order chi connectivity index (χ1) is 15.4. The molecule has 0 bridgehead atoms. The number of carbonyl (C=O) groups is 2. The van der Waals surface area contributed by atoms with Crippen LogP contribution in [0.5, 0.6) is 0 Å². The normalized spacial score (nSPS) is 20.5. The Morgan fingerprint density at radius 2 is 1.67 bits per heavy atom. The molecule has 1 aliphatic carbocycles. The molecular weight excluding hydrogens is 442 g/mol. The maximum atomic E-state index is 13.1. The summed E-state index contributed by atoms with van der Waals surface area (Å²) in [7, 11) is 0. The fourth-order valence-corrected chi connectivity index (χ4v) is 4.61. The summed E-state index contributed by atoms with van der Waals surface area (Å²) in [6.45, 7) is 9.05. The van der Waals surface area contributed by atoms with Gasteiger partial charge in [-0.1, -0.05) is 6.07 Å². The summed E-state index contributed by atoms with van der Waals surface area (Å²) < 4.78 is 5.10. The van der Waals surface area contributed by atoms with E-state index >= 15 is 0 Å². The van der Waals surface area contributed by atoms with E-state index in [4.69, 9.17) is 9.72 Å². The fourth-order valence-electron chi connectivity index (χ4n) is 4.61. The standard InChI is InChI=1S/C24H29N5O3.ClH/c1-15-10-19(18-4-5-18)12-25-21(15)27-6-8-28(9-7-27)23(30)20-11-16(2)22(26-13-20)29-17(3)14-32-24(29)31;/h10-13,17-18H,4-9,14H2,1-3H3;1H/t17-;/m1./s1. The molecule has 2 saturated heterocycles. The predicted octanol–water partition coefficient (Wildman–Crippen LogP) is 3.70. The van der Waals surface area contributed by atoms with Crippen LogP contribution < -0.4 is 9.80 Å². The minimum atomic E-state index is -0.391. The van der Waals surface area contributed by atoms with Gasteiger partial charge in [0.25, 0.3) is 5.91 Å². The SMILES string of the molecule is Cc1cc(C2CC2)cnc1N1CCN(C(=O)c2cnc(N3C(=O)OC[C@H]3C)c(C)c2)CC1.Cl. The average Bonchev–Trinajstić information content (AvgIpc) is 3.59. The monoisotopic (exact) mass is 471 g/mol. The zero-order chi connectivity index (χ0) is 22.4. The Labute approximate surface area is 200 Å². The largest absolute Gasteiger partial charge is 0.447 e. The van der Waals surface area contributed by atoms with Gasteiger partial charge in [0, 0.05) is 38.6 Å². The van der Waals surface area contributed by atoms with Gasteiger partial charge < -0.3 is 14.5 Å². The number of rotatable bonds is 4. The smallest absolute Gasteiger partial charge is 0.415 e. The molecule has 176 valence electrons. The molecule has 2 aliphatic heterocycles. The van der Waals surface area contributed by atoms with Crippen molar-refractivity contribution in [2.24, 2.45) is 0 Å². The Morgan fingerprint density at radius 3 is 2.24 bits per heavy atom. The van der Waals surface area contributed by atoms with Gasteiger partial charge in [0.05, 0.1) is 11.6 Å². The second kappa shape index (κ2) is 9.17. The van der Waals surface area contributed by atoms with Gasteiger partial charge in [0.1, 0.15) is 18.2 Å². The molecular formula is C24H30ClN5O3. The minimum absolute atomic E-state index is 0. The third kappa shape index (κ3) is 4.49. The molecule has 3 aliphatic rings. The molecule has 2 amide bonds. The van der Waals surface area contributed by atoms with E-state index in [1.807, 2.05) is 31.0 Å². The van der Waals surface area contributed by atoms with Crippen molar-refractivity contribution in [3.8, 4) is 0 Å². The molecule has 1 saturated carbocycles. The van der Waals surface area contributed by atoms with Crippen molar-refractivity contribution < 1.29 is 14.3 Å². The zero-order valence-electron chi connectivity index (χ0n) is 19.3. The Kier molecular flexibility index (Phi) is 6.47. The Hall–Kier alpha value is -2.87. The Balaban J connectivity index is 0.00000259. The lowest BCUT2D eigenvalue weighted by Gasteiger charge is -2.36. The van der Waals surface area contributed by atoms with Crippen molar-refractivity contribution in [2.45, 2.75) is 45.6 Å². The molecule has 4 heterocycles. The van der Waals surface area contributed by atoms with Crippen LogP contribution >= 0.6 is 12.4 Å². The highest BCUT2D eigenvalue weighted by Crippen LogP contribution is 2.40. The number of halogens is 1. The second-order valence-electron chi connectivity index (χ2n) is 9.12. The summed E-state index contributed by atoms with van der Waals surface area (Å²) in [5.41, 5.74) is 3.89. The highest BCUT2D eigenvalue weighted by molar-refractivity contribution is 5.95. The van der Waals surface area contributed by atoms with E-state index in [1.165, 1.54) is 24.0 Å². The second-order valence-corrected chi connectivity index (χ2v) is 9.12. The molecule has 0 aromatic carbocycles. The first kappa shape index (κ1) is 23.3. The van der Waals surface area contributed by atoms with Gasteiger partial charge in [-0.15, -0.1) is 12.4 Å². The van der Waals surface area contributed by atoms with Gasteiger partial charge in [0.15, 0.2) is 0 Å². The van der Waals surface area contributed by atoms with E-state index in [9.17, 15) is 9.59 Å². The molecule has 0 radical (unpaired) electrons. The van der Waals surface area contributed by atoms with E-state index in [2.05, 4.69) is 22.9 Å². The quantitative estimate of drug-likeness (QED) is 0.676. The van der Waals surface area contributed by atoms with Crippen LogP contribution in [-0.2, 0) is 4.74 Å². The molecule has 2 aromatic rings. The highest BCUT2D eigenvalue weighted by atomic mass is 35.5. The summed E-state index contributed by atoms with van der Waals surface area (Å²) in [6.07, 6.45) is 5.75. The van der Waals surface area contributed by atoms with Gasteiger partial charge >= 0.3 is 6.09 Å². The van der Waals surface area contributed by atoms with E-state index < -0.39 is 6.09 Å². The van der Waals surface area contributed by atoms with Crippen LogP contribution in [0.15, 0.2) is 24.5 Å². The van der Waals surface area contributed by atoms with E-state index in [-0.39, 0.29) is 24.4 Å². The Bertz CT molecular complexity index is 1070. The molecule has 33 heavy (non-hydrogen) atoms. The summed E-state index contributed by atoms with van der Waals surface area (Å²) >= 11 is 0. The molecule has 3 fully saturated rings. The molecule has 0 unspecified atom stereocenters. The molecule has 5 rings (SSSR count). The van der Waals surface area contributed by atoms with Gasteiger partial charge in [-0.25, -0.2) is 14.8 Å². The number of pyridine rings is 2. The van der Waals surface area contributed by atoms with Gasteiger partial charge in [0.2, 0.25) is 0 Å². The van der Waals surface area contributed by atoms with Gasteiger partial charge in [-0.3, -0.25) is 9.69 Å². The maximum Gasteiger partial charge on any atom is 0.415 e. The van der Waals surface area contributed by atoms with Crippen molar-refractivity contribution in [3.05, 3.63) is 46.8 Å². The van der Waals surface area contributed by atoms with Crippen molar-refractivity contribution in [3.63, 3.8) is 0 Å². The number of hydrogen-bond donors (Lipinski definition) is 0. The van der Waals surface area contributed by atoms with Crippen molar-refractivity contribution >= 4 is 36.0 Å². The number of carbonyl (C=O) groups excluding carboxylic acids is 2. The summed E-state index contributed by atoms with van der Waals surface area (Å²) in [5, 5.41) is 0. The van der Waals surface area contributed by atoms with Crippen LogP contribution in [0, 0.1) is 13.8 Å². The topological polar surface area (TPSA) is 78.9 Å². The number of piperazine rings is 1. The molecule has 8 nitrogen and oxygen atoms in total. The lowest BCUT2D eigenvalue weighted by molar-refractivity contribution is 0.0746. The Morgan fingerprint density at radius 1 is 1.00 bits per heavy atom. The lowest BCUT2D eigenvalue weighted by atomic mass is 10.1. The highest BCUT2D eigenvalue weighted by Gasteiger charge is 2.33. The van der Waals surface area contributed by atoms with Crippen molar-refractivity contribution in [2.75, 3.05) is 42.6 Å². The number of aromatic nitrogens is 2. The van der Waals surface area contributed by atoms with Crippen LogP contribution in [0.1, 0.15) is 52.7 Å². The first-order valence-electron chi connectivity index (χ1n) is 11.4. The number of aryl methyl sites for hydroxylation is 2. The molecule has 9 heteroatoms. The summed E-state index contributed by atoms with van der Waals surface area (Å²) in [6, 6.07) is 4.01. The molecule has 0 spiro atoms. The molecule has 0 N–H and O–H groups in total. The number of cyclic esters (lactones) is 1. The maximum absolute atomic E-state index is 13.1. The van der Waals surface area contributed by atoms with E-state index in [0.717, 1.165) is 24.5 Å². The van der Waals surface area contributed by atoms with Crippen molar-refractivity contribution in [1.82, 2.24) is 14.9 Å². The van der Waals surface area contributed by atoms with Crippen LogP contribution in [0.3, 0.4) is 0 Å².